The molecule has 5 nitrogen and oxygen atoms in total. The SMILES string of the molecule is CCC1CN(C)CCCN1c1nc(CCC(=O)O)cs1. The number of rotatable bonds is 5. The topological polar surface area (TPSA) is 56.7 Å². The minimum Gasteiger partial charge on any atom is -0.481 e. The molecule has 1 unspecified atom stereocenters. The summed E-state index contributed by atoms with van der Waals surface area (Å²) in [7, 11) is 2.17. The van der Waals surface area contributed by atoms with Crippen LogP contribution in [0.25, 0.3) is 0 Å². The van der Waals surface area contributed by atoms with E-state index in [0.717, 1.165) is 43.3 Å². The number of thiazole rings is 1. The van der Waals surface area contributed by atoms with Crippen molar-refractivity contribution in [3.05, 3.63) is 11.1 Å². The lowest BCUT2D eigenvalue weighted by Gasteiger charge is -2.29. The molecular formula is C14H23N3O2S. The zero-order chi connectivity index (χ0) is 14.5. The highest BCUT2D eigenvalue weighted by Crippen LogP contribution is 2.26. The van der Waals surface area contributed by atoms with Crippen molar-refractivity contribution in [2.75, 3.05) is 31.6 Å². The molecule has 1 saturated heterocycles. The summed E-state index contributed by atoms with van der Waals surface area (Å²) in [5, 5.41) is 11.8. The van der Waals surface area contributed by atoms with Crippen LogP contribution in [0.15, 0.2) is 5.38 Å². The van der Waals surface area contributed by atoms with Crippen molar-refractivity contribution in [2.45, 2.75) is 38.6 Å². The van der Waals surface area contributed by atoms with E-state index in [4.69, 9.17) is 5.11 Å². The first kappa shape index (κ1) is 15.3. The maximum Gasteiger partial charge on any atom is 0.303 e. The number of hydrogen-bond acceptors (Lipinski definition) is 5. The Hall–Kier alpha value is -1.14. The predicted octanol–water partition coefficient (Wildman–Crippen LogP) is 2.08. The highest BCUT2D eigenvalue weighted by molar-refractivity contribution is 7.13. The van der Waals surface area contributed by atoms with Crippen LogP contribution in [0.3, 0.4) is 0 Å². The summed E-state index contributed by atoms with van der Waals surface area (Å²) in [5.41, 5.74) is 0.903. The van der Waals surface area contributed by atoms with E-state index in [2.05, 4.69) is 28.8 Å². The fourth-order valence-electron chi connectivity index (χ4n) is 2.62. The van der Waals surface area contributed by atoms with Crippen LogP contribution >= 0.6 is 11.3 Å². The Kier molecular flexibility index (Phi) is 5.37. The van der Waals surface area contributed by atoms with E-state index in [1.807, 2.05) is 5.38 Å². The van der Waals surface area contributed by atoms with E-state index in [9.17, 15) is 4.79 Å². The highest BCUT2D eigenvalue weighted by atomic mass is 32.1. The van der Waals surface area contributed by atoms with Gasteiger partial charge in [-0.05, 0) is 26.4 Å². The minimum absolute atomic E-state index is 0.156. The normalized spacial score (nSPS) is 20.9. The minimum atomic E-state index is -0.762. The first-order chi connectivity index (χ1) is 9.60. The van der Waals surface area contributed by atoms with E-state index < -0.39 is 5.97 Å². The van der Waals surface area contributed by atoms with Gasteiger partial charge in [0.05, 0.1) is 12.1 Å². The zero-order valence-corrected chi connectivity index (χ0v) is 13.0. The van der Waals surface area contributed by atoms with Gasteiger partial charge in [-0.25, -0.2) is 4.98 Å². The van der Waals surface area contributed by atoms with Gasteiger partial charge in [-0.15, -0.1) is 11.3 Å². The van der Waals surface area contributed by atoms with Gasteiger partial charge in [0, 0.05) is 30.9 Å². The molecule has 112 valence electrons. The predicted molar refractivity (Wildman–Crippen MR) is 81.6 cm³/mol. The van der Waals surface area contributed by atoms with E-state index in [1.165, 1.54) is 0 Å². The van der Waals surface area contributed by atoms with Crippen LogP contribution in [-0.4, -0.2) is 53.7 Å². The van der Waals surface area contributed by atoms with E-state index in [-0.39, 0.29) is 6.42 Å². The molecule has 1 aromatic rings. The molecule has 1 fully saturated rings. The molecule has 6 heteroatoms. The van der Waals surface area contributed by atoms with Crippen molar-refractivity contribution in [2.24, 2.45) is 0 Å². The molecule has 1 aliphatic heterocycles. The van der Waals surface area contributed by atoms with Crippen LogP contribution in [0.2, 0.25) is 0 Å². The van der Waals surface area contributed by atoms with Gasteiger partial charge in [0.25, 0.3) is 0 Å². The Morgan fingerprint density at radius 1 is 1.55 bits per heavy atom. The number of aromatic nitrogens is 1. The summed E-state index contributed by atoms with van der Waals surface area (Å²) in [6.45, 7) is 5.45. The largest absolute Gasteiger partial charge is 0.481 e. The Labute approximate surface area is 124 Å². The molecule has 0 aliphatic carbocycles. The van der Waals surface area contributed by atoms with Crippen molar-refractivity contribution in [3.8, 4) is 0 Å². The quantitative estimate of drug-likeness (QED) is 0.902. The lowest BCUT2D eigenvalue weighted by Crippen LogP contribution is -2.39. The summed E-state index contributed by atoms with van der Waals surface area (Å²) in [6, 6.07) is 0.501. The van der Waals surface area contributed by atoms with Gasteiger partial charge < -0.3 is 14.9 Å². The molecule has 2 heterocycles. The number of aryl methyl sites for hydroxylation is 1. The van der Waals surface area contributed by atoms with Gasteiger partial charge in [0.2, 0.25) is 0 Å². The summed E-state index contributed by atoms with van der Waals surface area (Å²) >= 11 is 1.64. The molecule has 0 amide bonds. The number of likely N-dealkylation sites (N-methyl/N-ethyl adjacent to an activating group) is 1. The second kappa shape index (κ2) is 7.04. The molecule has 2 rings (SSSR count). The van der Waals surface area contributed by atoms with Crippen molar-refractivity contribution in [1.82, 2.24) is 9.88 Å². The number of anilines is 1. The van der Waals surface area contributed by atoms with Gasteiger partial charge in [0.1, 0.15) is 0 Å². The average molecular weight is 297 g/mol. The number of nitrogens with zero attached hydrogens (tertiary/aromatic N) is 3. The smallest absolute Gasteiger partial charge is 0.303 e. The van der Waals surface area contributed by atoms with Gasteiger partial charge in [-0.2, -0.15) is 0 Å². The van der Waals surface area contributed by atoms with Crippen LogP contribution in [0.4, 0.5) is 5.13 Å². The molecule has 1 atom stereocenters. The molecule has 1 aliphatic rings. The molecule has 0 saturated carbocycles. The van der Waals surface area contributed by atoms with Crippen LogP contribution in [0.5, 0.6) is 0 Å². The van der Waals surface area contributed by atoms with E-state index in [0.29, 0.717) is 12.5 Å². The molecule has 0 aromatic carbocycles. The monoisotopic (exact) mass is 297 g/mol. The maximum absolute atomic E-state index is 10.6. The van der Waals surface area contributed by atoms with E-state index in [1.54, 1.807) is 11.3 Å². The molecule has 1 N–H and O–H groups in total. The lowest BCUT2D eigenvalue weighted by molar-refractivity contribution is -0.136. The third-order valence-electron chi connectivity index (χ3n) is 3.75. The van der Waals surface area contributed by atoms with Crippen LogP contribution in [0.1, 0.15) is 31.9 Å². The number of aliphatic carboxylic acids is 1. The fourth-order valence-corrected chi connectivity index (χ4v) is 3.58. The summed E-state index contributed by atoms with van der Waals surface area (Å²) in [6.07, 6.45) is 2.94. The van der Waals surface area contributed by atoms with Crippen molar-refractivity contribution < 1.29 is 9.90 Å². The third kappa shape index (κ3) is 3.93. The molecule has 0 radical (unpaired) electrons. The van der Waals surface area contributed by atoms with Gasteiger partial charge in [0.15, 0.2) is 5.13 Å². The first-order valence-corrected chi connectivity index (χ1v) is 8.09. The fraction of sp³-hybridized carbons (Fsp3) is 0.714. The van der Waals surface area contributed by atoms with Crippen molar-refractivity contribution in [1.29, 1.82) is 0 Å². The summed E-state index contributed by atoms with van der Waals surface area (Å²) < 4.78 is 0. The Morgan fingerprint density at radius 3 is 3.05 bits per heavy atom. The van der Waals surface area contributed by atoms with Gasteiger partial charge in [-0.1, -0.05) is 6.92 Å². The highest BCUT2D eigenvalue weighted by Gasteiger charge is 2.24. The Morgan fingerprint density at radius 2 is 2.35 bits per heavy atom. The van der Waals surface area contributed by atoms with Crippen molar-refractivity contribution in [3.63, 3.8) is 0 Å². The molecule has 0 bridgehead atoms. The molecule has 0 spiro atoms. The van der Waals surface area contributed by atoms with Crippen LogP contribution in [0, 0.1) is 0 Å². The number of carboxylic acid groups (broad SMARTS) is 1. The number of carboxylic acids is 1. The third-order valence-corrected chi connectivity index (χ3v) is 4.68. The van der Waals surface area contributed by atoms with Crippen LogP contribution in [-0.2, 0) is 11.2 Å². The summed E-state index contributed by atoms with van der Waals surface area (Å²) in [4.78, 5) is 20.0. The second-order valence-electron chi connectivity index (χ2n) is 5.39. The lowest BCUT2D eigenvalue weighted by atomic mass is 10.2. The number of hydrogen-bond donors (Lipinski definition) is 1. The zero-order valence-electron chi connectivity index (χ0n) is 12.2. The second-order valence-corrected chi connectivity index (χ2v) is 6.22. The maximum atomic E-state index is 10.6. The van der Waals surface area contributed by atoms with E-state index >= 15 is 0 Å². The number of carbonyl (C=O) groups is 1. The van der Waals surface area contributed by atoms with Gasteiger partial charge >= 0.3 is 5.97 Å². The Bertz CT molecular complexity index is 449. The average Bonchev–Trinajstić information content (AvgIpc) is 2.79. The summed E-state index contributed by atoms with van der Waals surface area (Å²) in [5.74, 6) is -0.762. The van der Waals surface area contributed by atoms with Crippen LogP contribution < -0.4 is 4.90 Å². The first-order valence-electron chi connectivity index (χ1n) is 7.21. The molecular weight excluding hydrogens is 274 g/mol. The standard InChI is InChI=1S/C14H23N3O2S/c1-3-12-9-16(2)7-4-8-17(12)14-15-11(10-20-14)5-6-13(18)19/h10,12H,3-9H2,1-2H3,(H,18,19). The van der Waals surface area contributed by atoms with Crippen molar-refractivity contribution >= 4 is 22.4 Å². The Balaban J connectivity index is 2.06. The molecule has 1 aromatic heterocycles. The van der Waals surface area contributed by atoms with Gasteiger partial charge in [-0.3, -0.25) is 4.79 Å². The molecule has 20 heavy (non-hydrogen) atoms.